The van der Waals surface area contributed by atoms with Crippen LogP contribution >= 0.6 is 34.7 Å². The van der Waals surface area contributed by atoms with Crippen LogP contribution in [0.4, 0.5) is 11.4 Å². The molecule has 2 rings (SSSR count). The van der Waals surface area contributed by atoms with Gasteiger partial charge in [-0.05, 0) is 12.1 Å². The number of nitrogens with zero attached hydrogens (tertiary/aromatic N) is 2. The number of halogens is 1. The largest absolute Gasteiger partial charge is 0.376 e. The first-order valence-corrected chi connectivity index (χ1v) is 6.85. The molecule has 1 heterocycles. The van der Waals surface area contributed by atoms with E-state index in [0.29, 0.717) is 0 Å². The van der Waals surface area contributed by atoms with Gasteiger partial charge in [0.15, 0.2) is 8.55 Å². The molecule has 0 saturated heterocycles. The maximum absolute atomic E-state index is 11.0. The van der Waals surface area contributed by atoms with E-state index in [1.54, 1.807) is 24.3 Å². The van der Waals surface area contributed by atoms with Crippen molar-refractivity contribution in [3.63, 3.8) is 0 Å². The zero-order valence-electron chi connectivity index (χ0n) is 9.11. The highest BCUT2D eigenvalue weighted by atomic mass is 35.5. The van der Waals surface area contributed by atoms with E-state index in [1.807, 2.05) is 6.07 Å². The van der Waals surface area contributed by atoms with Gasteiger partial charge in [0, 0.05) is 4.90 Å². The minimum absolute atomic E-state index is 0.185. The van der Waals surface area contributed by atoms with Crippen molar-refractivity contribution in [2.24, 2.45) is 0 Å². The highest BCUT2D eigenvalue weighted by Crippen LogP contribution is 2.50. The number of hydrogen-bond donors (Lipinski definition) is 0. The normalized spacial score (nSPS) is 10.4. The number of nitro groups is 2. The summed E-state index contributed by atoms with van der Waals surface area (Å²) in [4.78, 5) is 21.0. The molecule has 0 spiro atoms. The predicted octanol–water partition coefficient (Wildman–Crippen LogP) is 4.37. The standard InChI is InChI=1S/C10H5ClN2O4S2/c11-9-7(12(14)15)8(13(16)17)10(19-9)18-6-4-2-1-3-5-6/h1-5H. The zero-order valence-corrected chi connectivity index (χ0v) is 11.5. The van der Waals surface area contributed by atoms with Crippen LogP contribution < -0.4 is 0 Å². The summed E-state index contributed by atoms with van der Waals surface area (Å²) >= 11 is 7.63. The fourth-order valence-corrected chi connectivity index (χ4v) is 4.06. The quantitative estimate of drug-likeness (QED) is 0.617. The van der Waals surface area contributed by atoms with Crippen LogP contribution in [0, 0.1) is 20.2 Å². The molecule has 0 amide bonds. The van der Waals surface area contributed by atoms with E-state index < -0.39 is 21.2 Å². The fraction of sp³-hybridized carbons (Fsp3) is 0. The van der Waals surface area contributed by atoms with Gasteiger partial charge in [0.1, 0.15) is 0 Å². The Morgan fingerprint density at radius 3 is 2.16 bits per heavy atom. The Kier molecular flexibility index (Phi) is 4.03. The summed E-state index contributed by atoms with van der Waals surface area (Å²) in [6.07, 6.45) is 0. The molecule has 1 aromatic heterocycles. The Hall–Kier alpha value is -1.64. The van der Waals surface area contributed by atoms with Gasteiger partial charge in [0.2, 0.25) is 0 Å². The Labute approximate surface area is 120 Å². The van der Waals surface area contributed by atoms with Gasteiger partial charge in [-0.1, -0.05) is 41.6 Å². The summed E-state index contributed by atoms with van der Waals surface area (Å²) < 4.78 is 0.0167. The van der Waals surface area contributed by atoms with Crippen LogP contribution in [0.3, 0.4) is 0 Å². The first-order valence-electron chi connectivity index (χ1n) is 4.84. The molecule has 2 aromatic rings. The molecule has 0 N–H and O–H groups in total. The minimum Gasteiger partial charge on any atom is -0.258 e. The number of hydrogen-bond acceptors (Lipinski definition) is 6. The van der Waals surface area contributed by atoms with Gasteiger partial charge in [-0.25, -0.2) is 0 Å². The van der Waals surface area contributed by atoms with E-state index in [2.05, 4.69) is 0 Å². The maximum Gasteiger partial charge on any atom is 0.376 e. The van der Waals surface area contributed by atoms with Crippen LogP contribution in [0.2, 0.25) is 4.34 Å². The molecule has 0 unspecified atom stereocenters. The lowest BCUT2D eigenvalue weighted by atomic mass is 10.4. The van der Waals surface area contributed by atoms with Crippen molar-refractivity contribution in [2.75, 3.05) is 0 Å². The fourth-order valence-electron chi connectivity index (χ4n) is 1.35. The van der Waals surface area contributed by atoms with Gasteiger partial charge in [-0.15, -0.1) is 11.3 Å². The Balaban J connectivity index is 2.49. The molecule has 0 aliphatic heterocycles. The summed E-state index contributed by atoms with van der Waals surface area (Å²) in [7, 11) is 0. The molecule has 6 nitrogen and oxygen atoms in total. The smallest absolute Gasteiger partial charge is 0.258 e. The summed E-state index contributed by atoms with van der Waals surface area (Å²) in [5.74, 6) is 0. The van der Waals surface area contributed by atoms with Crippen molar-refractivity contribution >= 4 is 46.1 Å². The molecular weight excluding hydrogens is 312 g/mol. The third-order valence-corrected chi connectivity index (χ3v) is 4.65. The molecule has 0 radical (unpaired) electrons. The summed E-state index contributed by atoms with van der Waals surface area (Å²) in [6.45, 7) is 0. The van der Waals surface area contributed by atoms with E-state index in [-0.39, 0.29) is 8.55 Å². The number of thiophene rings is 1. The van der Waals surface area contributed by atoms with Crippen molar-refractivity contribution < 1.29 is 9.85 Å². The first kappa shape index (κ1) is 13.8. The van der Waals surface area contributed by atoms with Crippen molar-refractivity contribution in [2.45, 2.75) is 9.10 Å². The van der Waals surface area contributed by atoms with Gasteiger partial charge in [-0.2, -0.15) is 0 Å². The van der Waals surface area contributed by atoms with Crippen LogP contribution in [-0.4, -0.2) is 9.85 Å². The first-order chi connectivity index (χ1) is 9.00. The second kappa shape index (κ2) is 5.55. The number of benzene rings is 1. The summed E-state index contributed by atoms with van der Waals surface area (Å²) in [6, 6.07) is 8.87. The van der Waals surface area contributed by atoms with Crippen molar-refractivity contribution in [1.82, 2.24) is 0 Å². The highest BCUT2D eigenvalue weighted by Gasteiger charge is 2.36. The van der Waals surface area contributed by atoms with Crippen molar-refractivity contribution in [3.8, 4) is 0 Å². The minimum atomic E-state index is -0.827. The molecule has 98 valence electrons. The Morgan fingerprint density at radius 2 is 1.63 bits per heavy atom. The lowest BCUT2D eigenvalue weighted by Gasteiger charge is -1.97. The molecule has 0 atom stereocenters. The van der Waals surface area contributed by atoms with Crippen LogP contribution in [0.5, 0.6) is 0 Å². The average molecular weight is 317 g/mol. The van der Waals surface area contributed by atoms with Crippen LogP contribution in [0.1, 0.15) is 0 Å². The molecule has 0 fully saturated rings. The van der Waals surface area contributed by atoms with Gasteiger partial charge in [-0.3, -0.25) is 20.2 Å². The van der Waals surface area contributed by atoms with Gasteiger partial charge in [0.05, 0.1) is 9.85 Å². The lowest BCUT2D eigenvalue weighted by molar-refractivity contribution is -0.423. The molecule has 0 aliphatic carbocycles. The molecule has 9 heteroatoms. The predicted molar refractivity (Wildman–Crippen MR) is 73.2 cm³/mol. The van der Waals surface area contributed by atoms with Crippen LogP contribution in [0.15, 0.2) is 39.4 Å². The van der Waals surface area contributed by atoms with E-state index in [4.69, 9.17) is 11.6 Å². The summed E-state index contributed by atoms with van der Waals surface area (Å²) in [5.41, 5.74) is -1.19. The van der Waals surface area contributed by atoms with Crippen LogP contribution in [0.25, 0.3) is 0 Å². The topological polar surface area (TPSA) is 86.3 Å². The SMILES string of the molecule is O=[N+]([O-])c1c(Cl)sc(Sc2ccccc2)c1[N+](=O)[O-]. The molecule has 0 aliphatic rings. The second-order valence-electron chi connectivity index (χ2n) is 3.29. The molecule has 0 bridgehead atoms. The molecule has 0 saturated carbocycles. The highest BCUT2D eigenvalue weighted by molar-refractivity contribution is 8.01. The summed E-state index contributed by atoms with van der Waals surface area (Å²) in [5, 5.41) is 21.8. The van der Waals surface area contributed by atoms with Gasteiger partial charge >= 0.3 is 11.4 Å². The average Bonchev–Trinajstić information content (AvgIpc) is 2.67. The van der Waals surface area contributed by atoms with E-state index in [1.165, 1.54) is 0 Å². The lowest BCUT2D eigenvalue weighted by Crippen LogP contribution is -1.94. The van der Waals surface area contributed by atoms with E-state index >= 15 is 0 Å². The van der Waals surface area contributed by atoms with Gasteiger partial charge in [0.25, 0.3) is 0 Å². The maximum atomic E-state index is 11.0. The van der Waals surface area contributed by atoms with E-state index in [0.717, 1.165) is 28.0 Å². The monoisotopic (exact) mass is 316 g/mol. The van der Waals surface area contributed by atoms with Crippen molar-refractivity contribution in [1.29, 1.82) is 0 Å². The van der Waals surface area contributed by atoms with Gasteiger partial charge < -0.3 is 0 Å². The van der Waals surface area contributed by atoms with Crippen molar-refractivity contribution in [3.05, 3.63) is 54.9 Å². The third-order valence-electron chi connectivity index (χ3n) is 2.11. The van der Waals surface area contributed by atoms with E-state index in [9.17, 15) is 20.2 Å². The molecular formula is C10H5ClN2O4S2. The molecule has 1 aromatic carbocycles. The number of rotatable bonds is 4. The zero-order chi connectivity index (χ0) is 14.0. The van der Waals surface area contributed by atoms with Crippen LogP contribution in [-0.2, 0) is 0 Å². The Morgan fingerprint density at radius 1 is 1.05 bits per heavy atom. The second-order valence-corrected chi connectivity index (χ2v) is 6.25. The third kappa shape index (κ3) is 2.86. The molecule has 19 heavy (non-hydrogen) atoms. The Bertz CT molecular complexity index is 644.